The molecule has 5 rings (SSSR count). The Morgan fingerprint density at radius 3 is 1.90 bits per heavy atom. The predicted molar refractivity (Wildman–Crippen MR) is 151 cm³/mol. The predicted octanol–water partition coefficient (Wildman–Crippen LogP) is 5.48. The lowest BCUT2D eigenvalue weighted by Crippen LogP contribution is -2.21. The van der Waals surface area contributed by atoms with Crippen LogP contribution in [0.5, 0.6) is 11.5 Å². The normalized spacial score (nSPS) is 10.7. The number of hydrogen-bond acceptors (Lipinski definition) is 8. The van der Waals surface area contributed by atoms with Gasteiger partial charge >= 0.3 is 5.97 Å². The van der Waals surface area contributed by atoms with E-state index in [0.29, 0.717) is 28.2 Å². The minimum Gasteiger partial charge on any atom is -0.497 e. The Morgan fingerprint density at radius 1 is 0.750 bits per heavy atom. The first-order chi connectivity index (χ1) is 19.4. The summed E-state index contributed by atoms with van der Waals surface area (Å²) in [4.78, 5) is 38.9. The van der Waals surface area contributed by atoms with Gasteiger partial charge in [-0.25, -0.2) is 19.7 Å². The van der Waals surface area contributed by atoms with Gasteiger partial charge in [0.2, 0.25) is 0 Å². The lowest BCUT2D eigenvalue weighted by molar-refractivity contribution is -0.119. The zero-order chi connectivity index (χ0) is 28.1. The lowest BCUT2D eigenvalue weighted by atomic mass is 10.0. The van der Waals surface area contributed by atoms with Gasteiger partial charge in [0.05, 0.1) is 42.2 Å². The number of methoxy groups -OCH3 is 2. The maximum absolute atomic E-state index is 12.8. The number of carbonyl (C=O) groups excluding carboxylic acids is 2. The van der Waals surface area contributed by atoms with Gasteiger partial charge in [-0.15, -0.1) is 0 Å². The molecule has 0 atom stereocenters. The van der Waals surface area contributed by atoms with Crippen LogP contribution < -0.4 is 14.8 Å². The molecule has 0 spiro atoms. The number of nitrogens with one attached hydrogen (secondary N) is 1. The zero-order valence-corrected chi connectivity index (χ0v) is 22.2. The van der Waals surface area contributed by atoms with Gasteiger partial charge in [0.1, 0.15) is 17.3 Å². The topological polar surface area (TPSA) is 113 Å². The molecular weight excluding hydrogens is 508 g/mol. The molecule has 2 heterocycles. The van der Waals surface area contributed by atoms with E-state index in [4.69, 9.17) is 24.2 Å². The summed E-state index contributed by atoms with van der Waals surface area (Å²) in [5, 5.41) is 2.60. The number of nitrogens with zero attached hydrogens (tertiary/aromatic N) is 3. The Labute approximate surface area is 230 Å². The monoisotopic (exact) mass is 534 g/mol. The Kier molecular flexibility index (Phi) is 7.63. The maximum atomic E-state index is 12.8. The summed E-state index contributed by atoms with van der Waals surface area (Å²) in [5.41, 5.74) is 5.33. The number of aryl methyl sites for hydroxylation is 1. The molecule has 200 valence electrons. The van der Waals surface area contributed by atoms with Gasteiger partial charge in [-0.05, 0) is 85.3 Å². The van der Waals surface area contributed by atoms with Gasteiger partial charge in [-0.1, -0.05) is 6.07 Å². The summed E-state index contributed by atoms with van der Waals surface area (Å²) >= 11 is 0. The third-order valence-corrected chi connectivity index (χ3v) is 6.14. The highest BCUT2D eigenvalue weighted by Gasteiger charge is 2.17. The molecule has 0 bridgehead atoms. The molecule has 1 N–H and O–H groups in total. The molecule has 3 aromatic carbocycles. The summed E-state index contributed by atoms with van der Waals surface area (Å²) < 4.78 is 15.8. The van der Waals surface area contributed by atoms with Crippen molar-refractivity contribution in [2.75, 3.05) is 26.1 Å². The number of rotatable bonds is 8. The molecule has 0 aliphatic rings. The fraction of sp³-hybridized carbons (Fsp3) is 0.129. The average molecular weight is 535 g/mol. The summed E-state index contributed by atoms with van der Waals surface area (Å²) in [6.45, 7) is 1.44. The second-order valence-corrected chi connectivity index (χ2v) is 8.93. The van der Waals surface area contributed by atoms with Crippen molar-refractivity contribution in [2.24, 2.45) is 0 Å². The Bertz CT molecular complexity index is 1670. The minimum absolute atomic E-state index is 0.251. The molecule has 0 unspecified atom stereocenters. The fourth-order valence-corrected chi connectivity index (χ4v) is 4.02. The van der Waals surface area contributed by atoms with Crippen molar-refractivity contribution < 1.29 is 23.8 Å². The standard InChI is InChI=1S/C31H26N4O5/c1-19-4-15-27(32-17-19)35-28(36)18-40-31(37)22-9-14-25-26(16-22)34-30(21-7-12-24(39-3)13-8-21)29(33-25)20-5-10-23(38-2)11-6-20/h4-17H,18H2,1-3H3,(H,32,35,36). The van der Waals surface area contributed by atoms with Crippen LogP contribution in [0.3, 0.4) is 0 Å². The molecule has 0 saturated carbocycles. The summed E-state index contributed by atoms with van der Waals surface area (Å²) in [6.07, 6.45) is 1.64. The number of carbonyl (C=O) groups is 2. The van der Waals surface area contributed by atoms with Gasteiger partial charge in [-0.3, -0.25) is 4.79 Å². The second-order valence-electron chi connectivity index (χ2n) is 8.93. The first-order valence-corrected chi connectivity index (χ1v) is 12.4. The molecule has 0 radical (unpaired) electrons. The third kappa shape index (κ3) is 5.88. The van der Waals surface area contributed by atoms with Gasteiger partial charge in [0.15, 0.2) is 6.61 Å². The lowest BCUT2D eigenvalue weighted by Gasteiger charge is -2.12. The SMILES string of the molecule is COc1ccc(-c2nc3ccc(C(=O)OCC(=O)Nc4ccc(C)cn4)cc3nc2-c2ccc(OC)cc2)cc1. The number of ether oxygens (including phenoxy) is 3. The van der Waals surface area contributed by atoms with Crippen LogP contribution in [0.4, 0.5) is 5.82 Å². The van der Waals surface area contributed by atoms with Crippen LogP contribution in [0.1, 0.15) is 15.9 Å². The first kappa shape index (κ1) is 26.3. The highest BCUT2D eigenvalue weighted by atomic mass is 16.5. The molecular formula is C31H26N4O5. The van der Waals surface area contributed by atoms with E-state index >= 15 is 0 Å². The number of hydrogen-bond donors (Lipinski definition) is 1. The van der Waals surface area contributed by atoms with Crippen molar-refractivity contribution in [1.82, 2.24) is 15.0 Å². The van der Waals surface area contributed by atoms with E-state index in [1.54, 1.807) is 44.7 Å². The number of fused-ring (bicyclic) bond motifs is 1. The smallest absolute Gasteiger partial charge is 0.338 e. The highest BCUT2D eigenvalue weighted by Crippen LogP contribution is 2.33. The van der Waals surface area contributed by atoms with E-state index in [1.807, 2.05) is 61.5 Å². The third-order valence-electron chi connectivity index (χ3n) is 6.14. The number of anilines is 1. The highest BCUT2D eigenvalue weighted by molar-refractivity contribution is 5.97. The van der Waals surface area contributed by atoms with Crippen molar-refractivity contribution in [2.45, 2.75) is 6.92 Å². The van der Waals surface area contributed by atoms with E-state index in [-0.39, 0.29) is 5.56 Å². The first-order valence-electron chi connectivity index (χ1n) is 12.4. The van der Waals surface area contributed by atoms with E-state index in [1.165, 1.54) is 0 Å². The number of benzene rings is 3. The van der Waals surface area contributed by atoms with Crippen molar-refractivity contribution in [1.29, 1.82) is 0 Å². The number of esters is 1. The van der Waals surface area contributed by atoms with Crippen molar-refractivity contribution in [3.63, 3.8) is 0 Å². The van der Waals surface area contributed by atoms with Crippen LogP contribution in [-0.2, 0) is 9.53 Å². The fourth-order valence-electron chi connectivity index (χ4n) is 4.02. The Balaban J connectivity index is 1.43. The summed E-state index contributed by atoms with van der Waals surface area (Å²) in [7, 11) is 3.22. The van der Waals surface area contributed by atoms with Gasteiger partial charge in [-0.2, -0.15) is 0 Å². The van der Waals surface area contributed by atoms with Gasteiger partial charge in [0.25, 0.3) is 5.91 Å². The van der Waals surface area contributed by atoms with Crippen LogP contribution in [-0.4, -0.2) is 47.7 Å². The number of aromatic nitrogens is 3. The molecule has 1 amide bonds. The van der Waals surface area contributed by atoms with Crippen LogP contribution in [0.2, 0.25) is 0 Å². The average Bonchev–Trinajstić information content (AvgIpc) is 3.00. The van der Waals surface area contributed by atoms with E-state index in [2.05, 4.69) is 10.3 Å². The van der Waals surface area contributed by atoms with E-state index < -0.39 is 18.5 Å². The van der Waals surface area contributed by atoms with Crippen LogP contribution in [0.15, 0.2) is 85.1 Å². The molecule has 5 aromatic rings. The van der Waals surface area contributed by atoms with Crippen LogP contribution in [0.25, 0.3) is 33.5 Å². The number of amides is 1. The molecule has 40 heavy (non-hydrogen) atoms. The molecule has 0 fully saturated rings. The van der Waals surface area contributed by atoms with Crippen LogP contribution >= 0.6 is 0 Å². The maximum Gasteiger partial charge on any atom is 0.338 e. The van der Waals surface area contributed by atoms with Crippen molar-refractivity contribution in [3.05, 3.63) is 96.2 Å². The molecule has 2 aromatic heterocycles. The molecule has 9 heteroatoms. The number of pyridine rings is 1. The minimum atomic E-state index is -0.652. The van der Waals surface area contributed by atoms with Gasteiger partial charge < -0.3 is 19.5 Å². The summed E-state index contributed by atoms with van der Waals surface area (Å²) in [6, 6.07) is 23.5. The zero-order valence-electron chi connectivity index (χ0n) is 22.2. The van der Waals surface area contributed by atoms with E-state index in [9.17, 15) is 9.59 Å². The molecule has 0 aliphatic heterocycles. The summed E-state index contributed by atoms with van der Waals surface area (Å²) in [5.74, 6) is 0.690. The second kappa shape index (κ2) is 11.6. The molecule has 0 aliphatic carbocycles. The Morgan fingerprint density at radius 2 is 1.35 bits per heavy atom. The quantitative estimate of drug-likeness (QED) is 0.261. The van der Waals surface area contributed by atoms with Crippen LogP contribution in [0, 0.1) is 6.92 Å². The van der Waals surface area contributed by atoms with E-state index in [0.717, 1.165) is 28.2 Å². The van der Waals surface area contributed by atoms with Gasteiger partial charge in [0, 0.05) is 17.3 Å². The van der Waals surface area contributed by atoms with Crippen molar-refractivity contribution >= 4 is 28.7 Å². The molecule has 9 nitrogen and oxygen atoms in total. The largest absolute Gasteiger partial charge is 0.497 e. The Hall–Kier alpha value is -5.31. The molecule has 0 saturated heterocycles. The van der Waals surface area contributed by atoms with Crippen molar-refractivity contribution in [3.8, 4) is 34.0 Å².